The summed E-state index contributed by atoms with van der Waals surface area (Å²) >= 11 is 0. The Morgan fingerprint density at radius 2 is 2.43 bits per heavy atom. The molecule has 0 aromatic carbocycles. The molecular weight excluding hydrogens is 86.1 g/mol. The van der Waals surface area contributed by atoms with Gasteiger partial charge in [-0.1, -0.05) is 12.2 Å². The molecule has 0 unspecified atom stereocenters. The molecule has 0 radical (unpaired) electrons. The molecule has 0 saturated carbocycles. The first-order valence-corrected chi connectivity index (χ1v) is 2.45. The van der Waals surface area contributed by atoms with Crippen molar-refractivity contribution in [2.75, 3.05) is 6.54 Å². The van der Waals surface area contributed by atoms with Crippen LogP contribution < -0.4 is 0 Å². The minimum Gasteiger partial charge on any atom is -0.301 e. The summed E-state index contributed by atoms with van der Waals surface area (Å²) in [7, 11) is 0. The molecule has 7 heavy (non-hydrogen) atoms. The van der Waals surface area contributed by atoms with Gasteiger partial charge in [0.2, 0.25) is 0 Å². The van der Waals surface area contributed by atoms with Crippen molar-refractivity contribution in [2.24, 2.45) is 4.99 Å². The molecule has 0 aromatic rings. The van der Waals surface area contributed by atoms with E-state index in [1.807, 2.05) is 13.0 Å². The van der Waals surface area contributed by atoms with Crippen LogP contribution in [0.4, 0.5) is 0 Å². The first-order valence-electron chi connectivity index (χ1n) is 2.45. The van der Waals surface area contributed by atoms with E-state index in [2.05, 4.69) is 17.8 Å². The van der Waals surface area contributed by atoms with E-state index in [1.54, 1.807) is 0 Å². The molecule has 0 aliphatic rings. The zero-order chi connectivity index (χ0) is 5.54. The largest absolute Gasteiger partial charge is 0.301 e. The van der Waals surface area contributed by atoms with Gasteiger partial charge in [-0.05, 0) is 20.1 Å². The van der Waals surface area contributed by atoms with E-state index in [0.717, 1.165) is 13.0 Å². The minimum absolute atomic E-state index is 0.852. The predicted octanol–water partition coefficient (Wildman–Crippen LogP) is 1.65. The number of allylic oxidation sites excluding steroid dienone is 1. The Labute approximate surface area is 44.8 Å². The van der Waals surface area contributed by atoms with Crippen LogP contribution in [-0.2, 0) is 0 Å². The van der Waals surface area contributed by atoms with Crippen molar-refractivity contribution >= 4 is 6.72 Å². The number of rotatable bonds is 3. The summed E-state index contributed by atoms with van der Waals surface area (Å²) in [6.45, 7) is 6.20. The third-order valence-corrected chi connectivity index (χ3v) is 0.690. The van der Waals surface area contributed by atoms with E-state index in [0.29, 0.717) is 0 Å². The summed E-state index contributed by atoms with van der Waals surface area (Å²) in [6, 6.07) is 0. The summed E-state index contributed by atoms with van der Waals surface area (Å²) in [6.07, 6.45) is 5.12. The maximum atomic E-state index is 3.67. The van der Waals surface area contributed by atoms with Crippen LogP contribution >= 0.6 is 0 Å². The van der Waals surface area contributed by atoms with E-state index in [4.69, 9.17) is 0 Å². The molecule has 0 fully saturated rings. The zero-order valence-corrected chi connectivity index (χ0v) is 4.72. The van der Waals surface area contributed by atoms with E-state index >= 15 is 0 Å². The normalized spacial score (nSPS) is 9.86. The van der Waals surface area contributed by atoms with Crippen molar-refractivity contribution in [1.82, 2.24) is 0 Å². The Morgan fingerprint density at radius 3 is 2.86 bits per heavy atom. The van der Waals surface area contributed by atoms with Crippen LogP contribution in [0.25, 0.3) is 0 Å². The molecule has 0 atom stereocenters. The number of nitrogens with zero attached hydrogens (tertiary/aromatic N) is 1. The fourth-order valence-electron chi connectivity index (χ4n) is 0.332. The monoisotopic (exact) mass is 97.1 g/mol. The molecule has 40 valence electrons. The Kier molecular flexibility index (Phi) is 4.95. The van der Waals surface area contributed by atoms with Gasteiger partial charge in [-0.2, -0.15) is 0 Å². The van der Waals surface area contributed by atoms with Crippen molar-refractivity contribution in [3.63, 3.8) is 0 Å². The maximum Gasteiger partial charge on any atom is 0.0416 e. The quantitative estimate of drug-likeness (QED) is 0.288. The van der Waals surface area contributed by atoms with Gasteiger partial charge < -0.3 is 4.99 Å². The third-order valence-electron chi connectivity index (χ3n) is 0.690. The van der Waals surface area contributed by atoms with Gasteiger partial charge in [-0.25, -0.2) is 0 Å². The van der Waals surface area contributed by atoms with Crippen LogP contribution in [0.1, 0.15) is 13.3 Å². The van der Waals surface area contributed by atoms with Gasteiger partial charge in [0.1, 0.15) is 0 Å². The molecule has 0 heterocycles. The zero-order valence-electron chi connectivity index (χ0n) is 4.72. The molecule has 0 bridgehead atoms. The lowest BCUT2D eigenvalue weighted by Crippen LogP contribution is -1.70. The SMILES string of the molecule is C=NCC/C=C\C. The molecule has 0 rings (SSSR count). The second-order valence-electron chi connectivity index (χ2n) is 1.30. The van der Waals surface area contributed by atoms with Crippen LogP contribution in [0.5, 0.6) is 0 Å². The highest BCUT2D eigenvalue weighted by atomic mass is 14.7. The number of aliphatic imine (C=N–C) groups is 1. The van der Waals surface area contributed by atoms with Crippen molar-refractivity contribution < 1.29 is 0 Å². The number of hydrogen-bond donors (Lipinski definition) is 0. The molecule has 0 saturated heterocycles. The first-order chi connectivity index (χ1) is 3.41. The van der Waals surface area contributed by atoms with Gasteiger partial charge in [-0.3, -0.25) is 0 Å². The van der Waals surface area contributed by atoms with Crippen molar-refractivity contribution in [1.29, 1.82) is 0 Å². The standard InChI is InChI=1S/C6H11N/c1-3-4-5-6-7-2/h3-4H,2,5-6H2,1H3/b4-3-. The lowest BCUT2D eigenvalue weighted by molar-refractivity contribution is 1.02. The summed E-state index contributed by atoms with van der Waals surface area (Å²) in [5.74, 6) is 0. The molecule has 0 aromatic heterocycles. The number of hydrogen-bond acceptors (Lipinski definition) is 1. The topological polar surface area (TPSA) is 12.4 Å². The Morgan fingerprint density at radius 1 is 1.71 bits per heavy atom. The van der Waals surface area contributed by atoms with Crippen LogP contribution in [0.15, 0.2) is 17.1 Å². The second kappa shape index (κ2) is 5.41. The summed E-state index contributed by atoms with van der Waals surface area (Å²) in [4.78, 5) is 3.67. The van der Waals surface area contributed by atoms with Crippen LogP contribution in [0.3, 0.4) is 0 Å². The van der Waals surface area contributed by atoms with E-state index in [-0.39, 0.29) is 0 Å². The fourth-order valence-corrected chi connectivity index (χ4v) is 0.332. The lowest BCUT2D eigenvalue weighted by Gasteiger charge is -1.79. The summed E-state index contributed by atoms with van der Waals surface area (Å²) in [5.41, 5.74) is 0. The van der Waals surface area contributed by atoms with E-state index in [9.17, 15) is 0 Å². The van der Waals surface area contributed by atoms with Gasteiger partial charge in [0.25, 0.3) is 0 Å². The fraction of sp³-hybridized carbons (Fsp3) is 0.500. The average molecular weight is 97.2 g/mol. The second-order valence-corrected chi connectivity index (χ2v) is 1.30. The summed E-state index contributed by atoms with van der Waals surface area (Å²) in [5, 5.41) is 0. The Bertz CT molecular complexity index is 64.6. The molecule has 1 nitrogen and oxygen atoms in total. The van der Waals surface area contributed by atoms with Gasteiger partial charge in [0.05, 0.1) is 0 Å². The van der Waals surface area contributed by atoms with E-state index in [1.165, 1.54) is 0 Å². The van der Waals surface area contributed by atoms with Gasteiger partial charge >= 0.3 is 0 Å². The molecule has 0 aliphatic carbocycles. The first kappa shape index (κ1) is 6.41. The molecule has 0 spiro atoms. The average Bonchev–Trinajstić information content (AvgIpc) is 1.69. The highest BCUT2D eigenvalue weighted by Gasteiger charge is 1.68. The van der Waals surface area contributed by atoms with Crippen molar-refractivity contribution in [3.8, 4) is 0 Å². The Hall–Kier alpha value is -0.590. The smallest absolute Gasteiger partial charge is 0.0416 e. The molecule has 0 aliphatic heterocycles. The van der Waals surface area contributed by atoms with Crippen molar-refractivity contribution in [3.05, 3.63) is 12.2 Å². The maximum absolute atomic E-state index is 3.67. The highest BCUT2D eigenvalue weighted by molar-refractivity contribution is 5.23. The van der Waals surface area contributed by atoms with Gasteiger partial charge in [0.15, 0.2) is 0 Å². The molecule has 0 amide bonds. The molecule has 0 N–H and O–H groups in total. The lowest BCUT2D eigenvalue weighted by atomic mass is 10.4. The highest BCUT2D eigenvalue weighted by Crippen LogP contribution is 1.80. The van der Waals surface area contributed by atoms with Gasteiger partial charge in [0, 0.05) is 6.54 Å². The summed E-state index contributed by atoms with van der Waals surface area (Å²) < 4.78 is 0. The predicted molar refractivity (Wildman–Crippen MR) is 33.8 cm³/mol. The molecular formula is C6H11N. The molecule has 1 heteroatoms. The van der Waals surface area contributed by atoms with Gasteiger partial charge in [-0.15, -0.1) is 0 Å². The minimum atomic E-state index is 0.852. The van der Waals surface area contributed by atoms with Crippen LogP contribution in [0, 0.1) is 0 Å². The Balaban J connectivity index is 2.82. The van der Waals surface area contributed by atoms with E-state index < -0.39 is 0 Å². The van der Waals surface area contributed by atoms with Crippen molar-refractivity contribution in [2.45, 2.75) is 13.3 Å². The third kappa shape index (κ3) is 5.41. The van der Waals surface area contributed by atoms with Crippen LogP contribution in [-0.4, -0.2) is 13.3 Å². The van der Waals surface area contributed by atoms with Crippen LogP contribution in [0.2, 0.25) is 0 Å².